The van der Waals surface area contributed by atoms with Gasteiger partial charge in [-0.1, -0.05) is 41.9 Å². The quantitative estimate of drug-likeness (QED) is 0.611. The van der Waals surface area contributed by atoms with Crippen molar-refractivity contribution in [3.8, 4) is 0 Å². The topological polar surface area (TPSA) is 0 Å². The van der Waals surface area contributed by atoms with E-state index >= 15 is 0 Å². The third-order valence-corrected chi connectivity index (χ3v) is 5.15. The lowest BCUT2D eigenvalue weighted by molar-refractivity contribution is 0.418. The molecule has 0 N–H and O–H groups in total. The van der Waals surface area contributed by atoms with E-state index in [1.54, 1.807) is 3.58 Å². The highest BCUT2D eigenvalue weighted by Crippen LogP contribution is 2.33. The second kappa shape index (κ2) is 4.95. The first-order valence-electron chi connectivity index (χ1n) is 3.80. The molecular formula is C8H12I2. The smallest absolute Gasteiger partial charge is 0.000253 e. The Labute approximate surface area is 90.1 Å². The van der Waals surface area contributed by atoms with Gasteiger partial charge in [-0.15, -0.1) is 0 Å². The molecule has 10 heavy (non-hydrogen) atoms. The molecule has 0 amide bonds. The minimum Gasteiger partial charge on any atom is -0.0533 e. The zero-order valence-corrected chi connectivity index (χ0v) is 10.3. The van der Waals surface area contributed by atoms with Crippen LogP contribution in [0.4, 0.5) is 0 Å². The largest absolute Gasteiger partial charge is 0.0533 e. The molecular weight excluding hydrogens is 350 g/mol. The predicted octanol–water partition coefficient (Wildman–Crippen LogP) is 4.28. The molecule has 2 heteroatoms. The highest BCUT2D eigenvalue weighted by atomic mass is 127. The molecule has 1 saturated carbocycles. The second-order valence-electron chi connectivity index (χ2n) is 2.83. The van der Waals surface area contributed by atoms with Gasteiger partial charge in [0.05, 0.1) is 0 Å². The van der Waals surface area contributed by atoms with Crippen molar-refractivity contribution in [3.63, 3.8) is 0 Å². The van der Waals surface area contributed by atoms with Crippen LogP contribution in [-0.4, -0.2) is 0 Å². The van der Waals surface area contributed by atoms with Crippen LogP contribution < -0.4 is 0 Å². The summed E-state index contributed by atoms with van der Waals surface area (Å²) < 4.78 is 3.80. The molecule has 0 aliphatic heterocycles. The molecule has 1 aliphatic rings. The van der Waals surface area contributed by atoms with Gasteiger partial charge in [-0.3, -0.25) is 0 Å². The first-order valence-corrected chi connectivity index (χ1v) is 6.13. The van der Waals surface area contributed by atoms with Gasteiger partial charge in [0.25, 0.3) is 0 Å². The summed E-state index contributed by atoms with van der Waals surface area (Å²) in [4.78, 5) is 0. The normalized spacial score (nSPS) is 23.2. The fourth-order valence-electron chi connectivity index (χ4n) is 1.47. The fourth-order valence-corrected chi connectivity index (χ4v) is 2.60. The van der Waals surface area contributed by atoms with Crippen LogP contribution in [0.2, 0.25) is 0 Å². The van der Waals surface area contributed by atoms with Gasteiger partial charge in [-0.25, -0.2) is 0 Å². The van der Waals surface area contributed by atoms with Crippen molar-refractivity contribution in [1.82, 2.24) is 0 Å². The van der Waals surface area contributed by atoms with Crippen molar-refractivity contribution in [2.75, 3.05) is 0 Å². The van der Waals surface area contributed by atoms with Crippen LogP contribution in [0.3, 0.4) is 0 Å². The monoisotopic (exact) mass is 362 g/mol. The van der Waals surface area contributed by atoms with E-state index in [9.17, 15) is 0 Å². The molecule has 0 spiro atoms. The Morgan fingerprint density at radius 2 is 1.80 bits per heavy atom. The first kappa shape index (κ1) is 9.29. The van der Waals surface area contributed by atoms with Crippen molar-refractivity contribution >= 4 is 45.2 Å². The molecule has 1 aliphatic carbocycles. The molecule has 0 saturated heterocycles. The van der Waals surface area contributed by atoms with Gasteiger partial charge < -0.3 is 0 Å². The summed E-state index contributed by atoms with van der Waals surface area (Å²) in [7, 11) is 0. The van der Waals surface area contributed by atoms with E-state index in [4.69, 9.17) is 0 Å². The van der Waals surface area contributed by atoms with Crippen molar-refractivity contribution < 1.29 is 0 Å². The summed E-state index contributed by atoms with van der Waals surface area (Å²) in [5, 5.41) is 0. The van der Waals surface area contributed by atoms with Crippen molar-refractivity contribution in [2.24, 2.45) is 5.92 Å². The first-order chi connectivity index (χ1) is 4.84. The van der Waals surface area contributed by atoms with E-state index in [1.165, 1.54) is 32.1 Å². The highest BCUT2D eigenvalue weighted by Gasteiger charge is 2.14. The molecule has 0 aromatic heterocycles. The molecule has 0 unspecified atom stereocenters. The summed E-state index contributed by atoms with van der Waals surface area (Å²) in [6.45, 7) is 0. The molecule has 0 bridgehead atoms. The van der Waals surface area contributed by atoms with Crippen molar-refractivity contribution in [1.29, 1.82) is 0 Å². The SMILES string of the molecule is I/C=C(/I)C1CCCCC1. The van der Waals surface area contributed by atoms with E-state index in [1.807, 2.05) is 0 Å². The standard InChI is InChI=1S/C8H12I2/c9-6-8(10)7-4-2-1-3-5-7/h6-7H,1-5H2/b8-6+. The lowest BCUT2D eigenvalue weighted by Crippen LogP contribution is -2.05. The van der Waals surface area contributed by atoms with Crippen LogP contribution in [0.15, 0.2) is 7.66 Å². The fraction of sp³-hybridized carbons (Fsp3) is 0.750. The van der Waals surface area contributed by atoms with Gasteiger partial charge >= 0.3 is 0 Å². The zero-order chi connectivity index (χ0) is 7.40. The van der Waals surface area contributed by atoms with E-state index in [2.05, 4.69) is 49.3 Å². The number of hydrogen-bond acceptors (Lipinski definition) is 0. The Hall–Kier alpha value is 1.20. The minimum absolute atomic E-state index is 0.909. The lowest BCUT2D eigenvalue weighted by Gasteiger charge is -2.20. The predicted molar refractivity (Wildman–Crippen MR) is 62.7 cm³/mol. The Balaban J connectivity index is 2.39. The molecule has 1 fully saturated rings. The second-order valence-corrected chi connectivity index (χ2v) is 4.70. The van der Waals surface area contributed by atoms with E-state index in [0.717, 1.165) is 5.92 Å². The van der Waals surface area contributed by atoms with Gasteiger partial charge in [0, 0.05) is 0 Å². The summed E-state index contributed by atoms with van der Waals surface area (Å²) in [5.41, 5.74) is 0. The molecule has 0 radical (unpaired) electrons. The number of rotatable bonds is 1. The van der Waals surface area contributed by atoms with Gasteiger partial charge in [-0.2, -0.15) is 0 Å². The molecule has 1 rings (SSSR count). The summed E-state index contributed by atoms with van der Waals surface area (Å²) in [6.07, 6.45) is 7.21. The van der Waals surface area contributed by atoms with E-state index in [0.29, 0.717) is 0 Å². The zero-order valence-electron chi connectivity index (χ0n) is 5.95. The average molecular weight is 362 g/mol. The van der Waals surface area contributed by atoms with Crippen LogP contribution in [-0.2, 0) is 0 Å². The molecule has 58 valence electrons. The van der Waals surface area contributed by atoms with Gasteiger partial charge in [0.15, 0.2) is 0 Å². The number of allylic oxidation sites excluding steroid dienone is 1. The summed E-state index contributed by atoms with van der Waals surface area (Å²) in [6, 6.07) is 0. The highest BCUT2D eigenvalue weighted by molar-refractivity contribution is 14.1. The van der Waals surface area contributed by atoms with Crippen molar-refractivity contribution in [3.05, 3.63) is 7.66 Å². The number of hydrogen-bond donors (Lipinski definition) is 0. The van der Waals surface area contributed by atoms with Gasteiger partial charge in [-0.05, 0) is 49.0 Å². The summed E-state index contributed by atoms with van der Waals surface area (Å²) >= 11 is 4.82. The summed E-state index contributed by atoms with van der Waals surface area (Å²) in [5.74, 6) is 0.909. The Morgan fingerprint density at radius 3 is 2.30 bits per heavy atom. The molecule has 0 atom stereocenters. The van der Waals surface area contributed by atoms with Crippen LogP contribution in [0.5, 0.6) is 0 Å². The molecule has 0 heterocycles. The number of halogens is 2. The maximum Gasteiger partial charge on any atom is -0.000253 e. The van der Waals surface area contributed by atoms with E-state index < -0.39 is 0 Å². The van der Waals surface area contributed by atoms with E-state index in [-0.39, 0.29) is 0 Å². The van der Waals surface area contributed by atoms with Crippen LogP contribution in [0, 0.1) is 5.92 Å². The van der Waals surface area contributed by atoms with Crippen molar-refractivity contribution in [2.45, 2.75) is 32.1 Å². The van der Waals surface area contributed by atoms with Crippen LogP contribution in [0.25, 0.3) is 0 Å². The lowest BCUT2D eigenvalue weighted by atomic mass is 9.90. The Kier molecular flexibility index (Phi) is 4.60. The maximum atomic E-state index is 2.48. The minimum atomic E-state index is 0.909. The molecule has 0 nitrogen and oxygen atoms in total. The third kappa shape index (κ3) is 2.68. The van der Waals surface area contributed by atoms with Gasteiger partial charge in [0.2, 0.25) is 0 Å². The molecule has 0 aromatic carbocycles. The Bertz CT molecular complexity index is 123. The van der Waals surface area contributed by atoms with Crippen LogP contribution >= 0.6 is 45.2 Å². The van der Waals surface area contributed by atoms with Crippen LogP contribution in [0.1, 0.15) is 32.1 Å². The Morgan fingerprint density at radius 1 is 1.20 bits per heavy atom. The average Bonchev–Trinajstić information content (AvgIpc) is 2.05. The molecule has 0 aromatic rings. The third-order valence-electron chi connectivity index (χ3n) is 2.10. The van der Waals surface area contributed by atoms with Gasteiger partial charge in [0.1, 0.15) is 0 Å². The maximum absolute atomic E-state index is 2.48.